The van der Waals surface area contributed by atoms with Crippen LogP contribution in [0.3, 0.4) is 0 Å². The third-order valence-electron chi connectivity index (χ3n) is 3.62. The second kappa shape index (κ2) is 9.23. The standard InChI is InChI=1S/C17H22N4O2S.HI/c1-4-18-17(20-9-16-11(2)21-12(3)24-16)19-8-13-5-6-14-15(7-13)23-10-22-14;/h5-7H,4,8-10H2,1-3H3,(H2,18,19,20);1H. The van der Waals surface area contributed by atoms with E-state index in [1.54, 1.807) is 11.3 Å². The smallest absolute Gasteiger partial charge is 0.231 e. The van der Waals surface area contributed by atoms with Gasteiger partial charge in [0.2, 0.25) is 6.79 Å². The molecular weight excluding hydrogens is 451 g/mol. The van der Waals surface area contributed by atoms with Crippen molar-refractivity contribution in [1.29, 1.82) is 0 Å². The molecule has 6 nitrogen and oxygen atoms in total. The summed E-state index contributed by atoms with van der Waals surface area (Å²) in [5.74, 6) is 2.38. The molecule has 2 aromatic rings. The fourth-order valence-electron chi connectivity index (χ4n) is 2.45. The van der Waals surface area contributed by atoms with Gasteiger partial charge in [-0.25, -0.2) is 9.98 Å². The van der Waals surface area contributed by atoms with Crippen molar-refractivity contribution in [2.75, 3.05) is 13.3 Å². The number of aryl methyl sites for hydroxylation is 2. The number of nitrogens with zero attached hydrogens (tertiary/aromatic N) is 2. The summed E-state index contributed by atoms with van der Waals surface area (Å²) in [6, 6.07) is 5.92. The lowest BCUT2D eigenvalue weighted by atomic mass is 10.2. The van der Waals surface area contributed by atoms with E-state index in [4.69, 9.17) is 9.47 Å². The number of rotatable bonds is 5. The molecule has 0 aliphatic carbocycles. The number of fused-ring (bicyclic) bond motifs is 1. The predicted molar refractivity (Wildman–Crippen MR) is 111 cm³/mol. The number of hydrogen-bond donors (Lipinski definition) is 2. The Morgan fingerprint density at radius 2 is 2.04 bits per heavy atom. The Morgan fingerprint density at radius 1 is 1.24 bits per heavy atom. The molecule has 0 radical (unpaired) electrons. The van der Waals surface area contributed by atoms with Crippen molar-refractivity contribution in [1.82, 2.24) is 15.6 Å². The second-order valence-electron chi connectivity index (χ2n) is 5.48. The summed E-state index contributed by atoms with van der Waals surface area (Å²) in [4.78, 5) is 10.3. The first-order valence-electron chi connectivity index (χ1n) is 7.99. The highest BCUT2D eigenvalue weighted by molar-refractivity contribution is 14.0. The normalized spacial score (nSPS) is 12.7. The largest absolute Gasteiger partial charge is 0.454 e. The molecule has 0 unspecified atom stereocenters. The molecule has 0 amide bonds. The lowest BCUT2D eigenvalue weighted by Crippen LogP contribution is -2.36. The summed E-state index contributed by atoms with van der Waals surface area (Å²) < 4.78 is 10.7. The molecule has 0 fully saturated rings. The molecule has 1 aromatic heterocycles. The highest BCUT2D eigenvalue weighted by Crippen LogP contribution is 2.32. The van der Waals surface area contributed by atoms with Crippen molar-refractivity contribution in [3.63, 3.8) is 0 Å². The van der Waals surface area contributed by atoms with Gasteiger partial charge in [-0.1, -0.05) is 6.07 Å². The average molecular weight is 474 g/mol. The Balaban J connectivity index is 0.00000225. The number of aliphatic imine (C=N–C) groups is 1. The highest BCUT2D eigenvalue weighted by atomic mass is 127. The zero-order valence-corrected chi connectivity index (χ0v) is 17.7. The SMILES string of the molecule is CCNC(=NCc1ccc2c(c1)OCO2)NCc1sc(C)nc1C.I. The molecule has 136 valence electrons. The third kappa shape index (κ3) is 5.21. The van der Waals surface area contributed by atoms with E-state index in [-0.39, 0.29) is 24.0 Å². The predicted octanol–water partition coefficient (Wildman–Crippen LogP) is 3.36. The van der Waals surface area contributed by atoms with Crippen LogP contribution in [0.5, 0.6) is 11.5 Å². The van der Waals surface area contributed by atoms with Gasteiger partial charge in [-0.15, -0.1) is 35.3 Å². The molecule has 3 rings (SSSR count). The Hall–Kier alpha value is -1.55. The van der Waals surface area contributed by atoms with E-state index < -0.39 is 0 Å². The summed E-state index contributed by atoms with van der Waals surface area (Å²) in [7, 11) is 0. The second-order valence-corrected chi connectivity index (χ2v) is 6.77. The van der Waals surface area contributed by atoms with Crippen molar-refractivity contribution < 1.29 is 9.47 Å². The maximum atomic E-state index is 5.41. The van der Waals surface area contributed by atoms with Crippen molar-refractivity contribution in [3.05, 3.63) is 39.3 Å². The summed E-state index contributed by atoms with van der Waals surface area (Å²) in [6.07, 6.45) is 0. The number of hydrogen-bond acceptors (Lipinski definition) is 5. The minimum Gasteiger partial charge on any atom is -0.454 e. The zero-order valence-electron chi connectivity index (χ0n) is 14.6. The van der Waals surface area contributed by atoms with Gasteiger partial charge >= 0.3 is 0 Å². The first-order valence-corrected chi connectivity index (χ1v) is 8.81. The van der Waals surface area contributed by atoms with E-state index in [2.05, 4.69) is 27.5 Å². The van der Waals surface area contributed by atoms with Crippen LogP contribution < -0.4 is 20.1 Å². The van der Waals surface area contributed by atoms with Gasteiger partial charge in [0.1, 0.15) is 0 Å². The van der Waals surface area contributed by atoms with Gasteiger partial charge in [-0.05, 0) is 38.5 Å². The van der Waals surface area contributed by atoms with E-state index >= 15 is 0 Å². The fraction of sp³-hybridized carbons (Fsp3) is 0.412. The van der Waals surface area contributed by atoms with Crippen molar-refractivity contribution in [2.24, 2.45) is 4.99 Å². The third-order valence-corrected chi connectivity index (χ3v) is 4.69. The van der Waals surface area contributed by atoms with E-state index in [1.807, 2.05) is 32.0 Å². The molecule has 0 spiro atoms. The molecule has 25 heavy (non-hydrogen) atoms. The van der Waals surface area contributed by atoms with Crippen molar-refractivity contribution >= 4 is 41.3 Å². The topological polar surface area (TPSA) is 67.8 Å². The van der Waals surface area contributed by atoms with E-state index in [1.165, 1.54) is 4.88 Å². The number of ether oxygens (including phenoxy) is 2. The fourth-order valence-corrected chi connectivity index (χ4v) is 3.33. The molecule has 0 saturated heterocycles. The maximum absolute atomic E-state index is 5.41. The number of halogens is 1. The molecule has 1 aliphatic heterocycles. The quantitative estimate of drug-likeness (QED) is 0.395. The van der Waals surface area contributed by atoms with Crippen LogP contribution in [-0.4, -0.2) is 24.3 Å². The number of thiazole rings is 1. The van der Waals surface area contributed by atoms with Gasteiger partial charge in [0.25, 0.3) is 0 Å². The number of aromatic nitrogens is 1. The summed E-state index contributed by atoms with van der Waals surface area (Å²) in [5, 5.41) is 7.73. The van der Waals surface area contributed by atoms with E-state index in [0.29, 0.717) is 13.3 Å². The molecule has 0 atom stereocenters. The highest BCUT2D eigenvalue weighted by Gasteiger charge is 2.13. The Morgan fingerprint density at radius 3 is 2.76 bits per heavy atom. The Bertz CT molecular complexity index is 748. The average Bonchev–Trinajstić information content (AvgIpc) is 3.15. The zero-order chi connectivity index (χ0) is 16.9. The van der Waals surface area contributed by atoms with Crippen molar-refractivity contribution in [3.8, 4) is 11.5 Å². The Labute approximate surface area is 169 Å². The van der Waals surface area contributed by atoms with E-state index in [0.717, 1.165) is 46.8 Å². The number of nitrogens with one attached hydrogen (secondary N) is 2. The molecule has 1 aromatic carbocycles. The minimum atomic E-state index is 0. The number of benzene rings is 1. The first kappa shape index (κ1) is 19.8. The van der Waals surface area contributed by atoms with Crippen molar-refractivity contribution in [2.45, 2.75) is 33.9 Å². The van der Waals surface area contributed by atoms with Crippen LogP contribution in [0, 0.1) is 13.8 Å². The molecule has 2 N–H and O–H groups in total. The van der Waals surface area contributed by atoms with Gasteiger partial charge in [-0.2, -0.15) is 0 Å². The van der Waals surface area contributed by atoms with Crippen LogP contribution in [0.2, 0.25) is 0 Å². The minimum absolute atomic E-state index is 0. The van der Waals surface area contributed by atoms with Crippen LogP contribution in [0.15, 0.2) is 23.2 Å². The summed E-state index contributed by atoms with van der Waals surface area (Å²) >= 11 is 1.72. The van der Waals surface area contributed by atoms with Crippen LogP contribution in [0.25, 0.3) is 0 Å². The molecule has 8 heteroatoms. The summed E-state index contributed by atoms with van der Waals surface area (Å²) in [5.41, 5.74) is 2.16. The summed E-state index contributed by atoms with van der Waals surface area (Å²) in [6.45, 7) is 8.53. The van der Waals surface area contributed by atoms with Gasteiger partial charge in [-0.3, -0.25) is 0 Å². The molecule has 1 aliphatic rings. The molecule has 2 heterocycles. The van der Waals surface area contributed by atoms with Crippen LogP contribution >= 0.6 is 35.3 Å². The molecule has 0 saturated carbocycles. The maximum Gasteiger partial charge on any atom is 0.231 e. The van der Waals surface area contributed by atoms with Crippen LogP contribution in [-0.2, 0) is 13.1 Å². The van der Waals surface area contributed by atoms with Gasteiger partial charge < -0.3 is 20.1 Å². The molecule has 0 bridgehead atoms. The monoisotopic (exact) mass is 474 g/mol. The van der Waals surface area contributed by atoms with Crippen LogP contribution in [0.1, 0.15) is 28.1 Å². The number of guanidine groups is 1. The van der Waals surface area contributed by atoms with Gasteiger partial charge in [0, 0.05) is 11.4 Å². The molecular formula is C17H23IN4O2S. The first-order chi connectivity index (χ1) is 11.7. The Kier molecular flexibility index (Phi) is 7.30. The lowest BCUT2D eigenvalue weighted by Gasteiger charge is -2.11. The van der Waals surface area contributed by atoms with Crippen LogP contribution in [0.4, 0.5) is 0 Å². The van der Waals surface area contributed by atoms with Gasteiger partial charge in [0.05, 0.1) is 23.8 Å². The van der Waals surface area contributed by atoms with E-state index in [9.17, 15) is 0 Å². The lowest BCUT2D eigenvalue weighted by molar-refractivity contribution is 0.174. The van der Waals surface area contributed by atoms with Gasteiger partial charge in [0.15, 0.2) is 17.5 Å².